The standard InChI is InChI=1S/C58H95NO7/c1-6-8-10-12-14-16-18-20-22-24-26-28-29-31-32-34-36-38-40-42-44-46-48-56(60)65-53-54(52-64-51-50-55(58(62)63)59(3,4)5)66-57(61)49-47-45-43-41-39-37-35-33-30-27-25-23-21-19-17-15-13-11-9-7-2/h8-11,14-17,20-23,26-28,30-32,54-55H,6-7,12-13,18-19,24-25,29,33-53H2,1-5H3/b10-8+,11-9+,16-14+,17-15+,22-20+,23-21+,28-26+,30-27+,32-31+. The van der Waals surface area contributed by atoms with E-state index in [1.165, 1.54) is 32.1 Å². The number of carboxylic acids is 1. The van der Waals surface area contributed by atoms with Crippen molar-refractivity contribution >= 4 is 17.9 Å². The number of likely N-dealkylation sites (N-methyl/N-ethyl adjacent to an activating group) is 1. The highest BCUT2D eigenvalue weighted by Gasteiger charge is 2.25. The lowest BCUT2D eigenvalue weighted by atomic mass is 10.1. The van der Waals surface area contributed by atoms with Crippen LogP contribution in [0.5, 0.6) is 0 Å². The van der Waals surface area contributed by atoms with Crippen LogP contribution in [-0.2, 0) is 28.6 Å². The molecule has 2 atom stereocenters. The number of hydrogen-bond acceptors (Lipinski definition) is 7. The molecule has 0 aromatic rings. The Balaban J connectivity index is 4.32. The van der Waals surface area contributed by atoms with Gasteiger partial charge in [0.05, 0.1) is 40.3 Å². The van der Waals surface area contributed by atoms with Gasteiger partial charge < -0.3 is 28.6 Å². The zero-order valence-electron chi connectivity index (χ0n) is 42.6. The third-order valence-electron chi connectivity index (χ3n) is 10.9. The summed E-state index contributed by atoms with van der Waals surface area (Å²) in [6.07, 6.45) is 65.4. The first kappa shape index (κ1) is 62.0. The van der Waals surface area contributed by atoms with Crippen molar-refractivity contribution in [1.82, 2.24) is 0 Å². The third kappa shape index (κ3) is 45.2. The van der Waals surface area contributed by atoms with Gasteiger partial charge in [0, 0.05) is 19.3 Å². The SMILES string of the molecule is CC/C=C/C/C=C/C/C=C/C/C=C/C/C=C/CCCCCCCCC(=O)OCC(COCCC(C(=O)[O-])[N+](C)(C)C)OC(=O)CCCCCCCCC/C=C/C/C=C/C/C=C/C/C=C/CC. The Hall–Kier alpha value is -4.01. The van der Waals surface area contributed by atoms with Gasteiger partial charge in [0.25, 0.3) is 0 Å². The number of quaternary nitrogens is 1. The molecular weight excluding hydrogens is 823 g/mol. The largest absolute Gasteiger partial charge is 0.544 e. The van der Waals surface area contributed by atoms with E-state index in [4.69, 9.17) is 14.2 Å². The molecule has 0 bridgehead atoms. The van der Waals surface area contributed by atoms with E-state index in [1.807, 2.05) is 0 Å². The van der Waals surface area contributed by atoms with E-state index >= 15 is 0 Å². The molecular formula is C58H95NO7. The highest BCUT2D eigenvalue weighted by molar-refractivity contribution is 5.70. The first-order valence-corrected chi connectivity index (χ1v) is 25.9. The van der Waals surface area contributed by atoms with E-state index in [0.29, 0.717) is 12.8 Å². The molecule has 0 fully saturated rings. The predicted octanol–water partition coefficient (Wildman–Crippen LogP) is 13.9. The number of allylic oxidation sites excluding steroid dienone is 18. The Morgan fingerprint density at radius 1 is 0.455 bits per heavy atom. The molecule has 0 heterocycles. The fourth-order valence-corrected chi connectivity index (χ4v) is 6.97. The zero-order chi connectivity index (χ0) is 48.4. The second-order valence-corrected chi connectivity index (χ2v) is 18.0. The summed E-state index contributed by atoms with van der Waals surface area (Å²) in [4.78, 5) is 37.1. The minimum absolute atomic E-state index is 0.0243. The van der Waals surface area contributed by atoms with Crippen LogP contribution in [0.4, 0.5) is 0 Å². The summed E-state index contributed by atoms with van der Waals surface area (Å²) in [6, 6.07) is -0.738. The number of rotatable bonds is 45. The van der Waals surface area contributed by atoms with Crippen LogP contribution in [0.1, 0.15) is 187 Å². The lowest BCUT2D eigenvalue weighted by Crippen LogP contribution is -2.55. The summed E-state index contributed by atoms with van der Waals surface area (Å²) >= 11 is 0. The minimum Gasteiger partial charge on any atom is -0.544 e. The Morgan fingerprint density at radius 3 is 1.18 bits per heavy atom. The van der Waals surface area contributed by atoms with Crippen molar-refractivity contribution in [2.24, 2.45) is 0 Å². The monoisotopic (exact) mass is 918 g/mol. The van der Waals surface area contributed by atoms with Crippen LogP contribution in [0.25, 0.3) is 0 Å². The number of carboxylic acid groups (broad SMARTS) is 1. The molecule has 0 rings (SSSR count). The van der Waals surface area contributed by atoms with Crippen molar-refractivity contribution in [3.8, 4) is 0 Å². The average Bonchev–Trinajstić information content (AvgIpc) is 3.28. The molecule has 0 aliphatic carbocycles. The van der Waals surface area contributed by atoms with Gasteiger partial charge in [-0.3, -0.25) is 9.59 Å². The van der Waals surface area contributed by atoms with Crippen molar-refractivity contribution in [2.45, 2.75) is 199 Å². The molecule has 66 heavy (non-hydrogen) atoms. The van der Waals surface area contributed by atoms with Gasteiger partial charge in [0.2, 0.25) is 0 Å². The molecule has 0 N–H and O–H groups in total. The predicted molar refractivity (Wildman–Crippen MR) is 277 cm³/mol. The second-order valence-electron chi connectivity index (χ2n) is 18.0. The fourth-order valence-electron chi connectivity index (χ4n) is 6.97. The number of carbonyl (C=O) groups excluding carboxylic acids is 3. The van der Waals surface area contributed by atoms with E-state index in [1.54, 1.807) is 21.1 Å². The lowest BCUT2D eigenvalue weighted by Gasteiger charge is -2.34. The van der Waals surface area contributed by atoms with Gasteiger partial charge in [-0.15, -0.1) is 0 Å². The highest BCUT2D eigenvalue weighted by Crippen LogP contribution is 2.14. The van der Waals surface area contributed by atoms with E-state index in [0.717, 1.165) is 122 Å². The Kier molecular flexibility index (Phi) is 44.6. The molecule has 374 valence electrons. The number of ether oxygens (including phenoxy) is 3. The van der Waals surface area contributed by atoms with Crippen LogP contribution in [0.15, 0.2) is 109 Å². The van der Waals surface area contributed by atoms with Gasteiger partial charge in [0.1, 0.15) is 12.6 Å². The molecule has 2 unspecified atom stereocenters. The maximum Gasteiger partial charge on any atom is 0.306 e. The molecule has 0 saturated carbocycles. The molecule has 8 heteroatoms. The van der Waals surface area contributed by atoms with Gasteiger partial charge in [0.15, 0.2) is 6.10 Å². The van der Waals surface area contributed by atoms with Crippen molar-refractivity contribution in [3.05, 3.63) is 109 Å². The van der Waals surface area contributed by atoms with E-state index in [2.05, 4.69) is 123 Å². The fraction of sp³-hybridized carbons (Fsp3) is 0.638. The number of unbranched alkanes of at least 4 members (excludes halogenated alkanes) is 13. The molecule has 0 saturated heterocycles. The maximum atomic E-state index is 12.8. The summed E-state index contributed by atoms with van der Waals surface area (Å²) in [5, 5.41) is 11.7. The smallest absolute Gasteiger partial charge is 0.306 e. The second kappa shape index (κ2) is 47.5. The van der Waals surface area contributed by atoms with Crippen molar-refractivity contribution in [2.75, 3.05) is 41.0 Å². The molecule has 8 nitrogen and oxygen atoms in total. The Labute approximate surface area is 404 Å². The third-order valence-corrected chi connectivity index (χ3v) is 10.9. The average molecular weight is 918 g/mol. The summed E-state index contributed by atoms with van der Waals surface area (Å²) in [7, 11) is 5.40. The number of esters is 2. The van der Waals surface area contributed by atoms with Crippen molar-refractivity contribution < 1.29 is 38.2 Å². The zero-order valence-corrected chi connectivity index (χ0v) is 42.6. The van der Waals surface area contributed by atoms with Gasteiger partial charge >= 0.3 is 11.9 Å². The summed E-state index contributed by atoms with van der Waals surface area (Å²) in [5.41, 5.74) is 0. The van der Waals surface area contributed by atoms with Crippen LogP contribution in [0, 0.1) is 0 Å². The summed E-state index contributed by atoms with van der Waals surface area (Å²) in [5.74, 6) is -1.78. The molecule has 0 aliphatic heterocycles. The molecule has 0 spiro atoms. The number of hydrogen-bond donors (Lipinski definition) is 0. The number of nitrogens with zero attached hydrogens (tertiary/aromatic N) is 1. The van der Waals surface area contributed by atoms with E-state index in [9.17, 15) is 19.5 Å². The first-order chi connectivity index (χ1) is 32.1. The Bertz CT molecular complexity index is 1440. The van der Waals surface area contributed by atoms with Crippen LogP contribution >= 0.6 is 0 Å². The molecule has 0 aliphatic rings. The highest BCUT2D eigenvalue weighted by atomic mass is 16.6. The number of carbonyl (C=O) groups is 3. The van der Waals surface area contributed by atoms with Crippen LogP contribution in [0.2, 0.25) is 0 Å². The van der Waals surface area contributed by atoms with Gasteiger partial charge in [-0.05, 0) is 96.3 Å². The van der Waals surface area contributed by atoms with Crippen LogP contribution in [-0.4, -0.2) is 75.5 Å². The molecule has 0 aromatic heterocycles. The maximum absolute atomic E-state index is 12.8. The summed E-state index contributed by atoms with van der Waals surface area (Å²) in [6.45, 7) is 4.40. The number of aliphatic carboxylic acids is 1. The molecule has 0 amide bonds. The lowest BCUT2D eigenvalue weighted by molar-refractivity contribution is -0.889. The quantitative estimate of drug-likeness (QED) is 0.0259. The van der Waals surface area contributed by atoms with E-state index in [-0.39, 0.29) is 42.7 Å². The van der Waals surface area contributed by atoms with Crippen molar-refractivity contribution in [1.29, 1.82) is 0 Å². The molecule has 0 aromatic carbocycles. The minimum atomic E-state index is -1.13. The Morgan fingerprint density at radius 2 is 0.803 bits per heavy atom. The normalized spacial score (nSPS) is 13.8. The van der Waals surface area contributed by atoms with Crippen molar-refractivity contribution in [3.63, 3.8) is 0 Å². The van der Waals surface area contributed by atoms with E-state index < -0.39 is 18.1 Å². The van der Waals surface area contributed by atoms with Gasteiger partial charge in [-0.25, -0.2) is 0 Å². The first-order valence-electron chi connectivity index (χ1n) is 25.9. The van der Waals surface area contributed by atoms with Gasteiger partial charge in [-0.2, -0.15) is 0 Å². The topological polar surface area (TPSA) is 102 Å². The van der Waals surface area contributed by atoms with Crippen LogP contribution < -0.4 is 5.11 Å². The summed E-state index contributed by atoms with van der Waals surface area (Å²) < 4.78 is 17.2. The van der Waals surface area contributed by atoms with Crippen LogP contribution in [0.3, 0.4) is 0 Å². The van der Waals surface area contributed by atoms with Gasteiger partial charge in [-0.1, -0.05) is 181 Å². The molecule has 0 radical (unpaired) electrons.